The quantitative estimate of drug-likeness (QED) is 0.619. The van der Waals surface area contributed by atoms with Crippen molar-refractivity contribution in [1.29, 1.82) is 5.26 Å². The van der Waals surface area contributed by atoms with Gasteiger partial charge in [0.05, 0.1) is 16.5 Å². The fourth-order valence-electron chi connectivity index (χ4n) is 3.08. The van der Waals surface area contributed by atoms with Crippen LogP contribution in [0.3, 0.4) is 0 Å². The highest BCUT2D eigenvalue weighted by molar-refractivity contribution is 7.89. The summed E-state index contributed by atoms with van der Waals surface area (Å²) in [7, 11) is -2.06. The highest BCUT2D eigenvalue weighted by Gasteiger charge is 2.23. The summed E-state index contributed by atoms with van der Waals surface area (Å²) in [5, 5.41) is 12.2. The molecule has 3 aromatic rings. The molecule has 0 bridgehead atoms. The number of hydrogen-bond acceptors (Lipinski definition) is 4. The first-order valence-corrected chi connectivity index (χ1v) is 11.2. The Kier molecular flexibility index (Phi) is 6.54. The van der Waals surface area contributed by atoms with Crippen LogP contribution in [0.2, 0.25) is 0 Å². The molecule has 0 aromatic heterocycles. The van der Waals surface area contributed by atoms with Crippen LogP contribution < -0.4 is 5.32 Å². The van der Waals surface area contributed by atoms with E-state index >= 15 is 0 Å². The van der Waals surface area contributed by atoms with Gasteiger partial charge in [-0.1, -0.05) is 36.4 Å². The van der Waals surface area contributed by atoms with Gasteiger partial charge in [0.25, 0.3) is 5.91 Å². The van der Waals surface area contributed by atoms with Crippen LogP contribution in [0.25, 0.3) is 11.1 Å². The molecule has 0 unspecified atom stereocenters. The SMILES string of the molecule is CC(C)N(C)S(=O)(=O)c1ccc(NC(=O)c2ccccc2-c2ccccc2C#N)cc1. The number of carbonyl (C=O) groups is 1. The van der Waals surface area contributed by atoms with Crippen LogP contribution in [-0.4, -0.2) is 31.7 Å². The van der Waals surface area contributed by atoms with Crippen LogP contribution >= 0.6 is 0 Å². The zero-order chi connectivity index (χ0) is 22.6. The smallest absolute Gasteiger partial charge is 0.256 e. The molecular formula is C24H23N3O3S. The number of sulfonamides is 1. The van der Waals surface area contributed by atoms with E-state index in [0.717, 1.165) is 0 Å². The van der Waals surface area contributed by atoms with Gasteiger partial charge in [0.1, 0.15) is 0 Å². The van der Waals surface area contributed by atoms with E-state index in [4.69, 9.17) is 0 Å². The second kappa shape index (κ2) is 9.13. The summed E-state index contributed by atoms with van der Waals surface area (Å²) in [6, 6.07) is 22.2. The third-order valence-corrected chi connectivity index (χ3v) is 7.07. The molecule has 7 heteroatoms. The predicted molar refractivity (Wildman–Crippen MR) is 121 cm³/mol. The molecule has 0 aliphatic heterocycles. The zero-order valence-corrected chi connectivity index (χ0v) is 18.3. The molecule has 0 heterocycles. The molecule has 3 aromatic carbocycles. The number of carbonyl (C=O) groups excluding carboxylic acids is 1. The Balaban J connectivity index is 1.88. The second-order valence-corrected chi connectivity index (χ2v) is 9.29. The van der Waals surface area contributed by atoms with E-state index in [1.165, 1.54) is 23.5 Å². The molecule has 0 spiro atoms. The Morgan fingerprint density at radius 3 is 2.13 bits per heavy atom. The standard InChI is InChI=1S/C24H23N3O3S/c1-17(2)27(3)31(29,30)20-14-12-19(13-15-20)26-24(28)23-11-7-6-10-22(23)21-9-5-4-8-18(21)16-25/h4-15,17H,1-3H3,(H,26,28). The van der Waals surface area contributed by atoms with Crippen molar-refractivity contribution in [2.75, 3.05) is 12.4 Å². The lowest BCUT2D eigenvalue weighted by Crippen LogP contribution is -2.33. The first-order chi connectivity index (χ1) is 14.8. The molecule has 31 heavy (non-hydrogen) atoms. The van der Waals surface area contributed by atoms with E-state index in [1.54, 1.807) is 62.4 Å². The minimum atomic E-state index is -3.60. The summed E-state index contributed by atoms with van der Waals surface area (Å²) in [6.07, 6.45) is 0. The summed E-state index contributed by atoms with van der Waals surface area (Å²) < 4.78 is 26.5. The van der Waals surface area contributed by atoms with Crippen molar-refractivity contribution in [1.82, 2.24) is 4.31 Å². The summed E-state index contributed by atoms with van der Waals surface area (Å²) in [4.78, 5) is 13.1. The topological polar surface area (TPSA) is 90.3 Å². The third-order valence-electron chi connectivity index (χ3n) is 5.03. The van der Waals surface area contributed by atoms with Crippen molar-refractivity contribution < 1.29 is 13.2 Å². The van der Waals surface area contributed by atoms with Crippen molar-refractivity contribution in [3.63, 3.8) is 0 Å². The Morgan fingerprint density at radius 2 is 1.52 bits per heavy atom. The monoisotopic (exact) mass is 433 g/mol. The van der Waals surface area contributed by atoms with Gasteiger partial charge in [-0.05, 0) is 55.8 Å². The molecule has 6 nitrogen and oxygen atoms in total. The maximum absolute atomic E-state index is 13.0. The maximum atomic E-state index is 13.0. The van der Waals surface area contributed by atoms with Gasteiger partial charge in [0.2, 0.25) is 10.0 Å². The van der Waals surface area contributed by atoms with Gasteiger partial charge < -0.3 is 5.32 Å². The molecule has 0 aliphatic rings. The Labute approximate surface area is 182 Å². The first kappa shape index (κ1) is 22.2. The fraction of sp³-hybridized carbons (Fsp3) is 0.167. The van der Waals surface area contributed by atoms with Crippen LogP contribution in [0.5, 0.6) is 0 Å². The molecule has 0 saturated carbocycles. The van der Waals surface area contributed by atoms with Crippen LogP contribution in [-0.2, 0) is 10.0 Å². The fourth-order valence-corrected chi connectivity index (χ4v) is 4.45. The number of amides is 1. The first-order valence-electron chi connectivity index (χ1n) is 9.73. The van der Waals surface area contributed by atoms with E-state index in [2.05, 4.69) is 11.4 Å². The summed E-state index contributed by atoms with van der Waals surface area (Å²) in [6.45, 7) is 3.60. The average Bonchev–Trinajstić information content (AvgIpc) is 2.78. The van der Waals surface area contributed by atoms with Crippen molar-refractivity contribution in [3.8, 4) is 17.2 Å². The Bertz CT molecular complexity index is 1240. The number of hydrogen-bond donors (Lipinski definition) is 1. The number of nitriles is 1. The Hall–Kier alpha value is -3.47. The minimum Gasteiger partial charge on any atom is -0.322 e. The number of benzene rings is 3. The third kappa shape index (κ3) is 4.66. The molecule has 1 N–H and O–H groups in total. The van der Waals surface area contributed by atoms with Gasteiger partial charge >= 0.3 is 0 Å². The highest BCUT2D eigenvalue weighted by atomic mass is 32.2. The lowest BCUT2D eigenvalue weighted by Gasteiger charge is -2.21. The van der Waals surface area contributed by atoms with E-state index in [-0.39, 0.29) is 16.8 Å². The normalized spacial score (nSPS) is 11.4. The van der Waals surface area contributed by atoms with Gasteiger partial charge in [0.15, 0.2) is 0 Å². The molecule has 158 valence electrons. The van der Waals surface area contributed by atoms with E-state index < -0.39 is 10.0 Å². The maximum Gasteiger partial charge on any atom is 0.256 e. The molecule has 0 radical (unpaired) electrons. The molecular weight excluding hydrogens is 410 g/mol. The summed E-state index contributed by atoms with van der Waals surface area (Å²) >= 11 is 0. The predicted octanol–water partition coefficient (Wildman–Crippen LogP) is 4.51. The summed E-state index contributed by atoms with van der Waals surface area (Å²) in [5.41, 5.74) is 2.69. The zero-order valence-electron chi connectivity index (χ0n) is 17.5. The number of rotatable bonds is 6. The lowest BCUT2D eigenvalue weighted by molar-refractivity contribution is 0.102. The van der Waals surface area contributed by atoms with Crippen LogP contribution in [0.15, 0.2) is 77.7 Å². The van der Waals surface area contributed by atoms with Crippen molar-refractivity contribution >= 4 is 21.6 Å². The second-order valence-electron chi connectivity index (χ2n) is 7.30. The van der Waals surface area contributed by atoms with Crippen LogP contribution in [0.1, 0.15) is 29.8 Å². The van der Waals surface area contributed by atoms with Gasteiger partial charge in [0, 0.05) is 29.9 Å². The largest absolute Gasteiger partial charge is 0.322 e. The van der Waals surface area contributed by atoms with E-state index in [0.29, 0.717) is 27.9 Å². The number of anilines is 1. The van der Waals surface area contributed by atoms with Gasteiger partial charge in [-0.15, -0.1) is 0 Å². The molecule has 1 amide bonds. The molecule has 0 atom stereocenters. The Morgan fingerprint density at radius 1 is 0.935 bits per heavy atom. The van der Waals surface area contributed by atoms with E-state index in [9.17, 15) is 18.5 Å². The molecule has 3 rings (SSSR count). The van der Waals surface area contributed by atoms with Gasteiger partial charge in [-0.2, -0.15) is 9.57 Å². The summed E-state index contributed by atoms with van der Waals surface area (Å²) in [5.74, 6) is -0.349. The van der Waals surface area contributed by atoms with Gasteiger partial charge in [-0.25, -0.2) is 8.42 Å². The minimum absolute atomic E-state index is 0.157. The molecule has 0 saturated heterocycles. The van der Waals surface area contributed by atoms with Crippen LogP contribution in [0, 0.1) is 11.3 Å². The average molecular weight is 434 g/mol. The molecule has 0 fully saturated rings. The highest BCUT2D eigenvalue weighted by Crippen LogP contribution is 2.28. The van der Waals surface area contributed by atoms with Crippen LogP contribution in [0.4, 0.5) is 5.69 Å². The lowest BCUT2D eigenvalue weighted by atomic mass is 9.95. The van der Waals surface area contributed by atoms with Crippen molar-refractivity contribution in [2.24, 2.45) is 0 Å². The molecule has 0 aliphatic carbocycles. The van der Waals surface area contributed by atoms with Crippen molar-refractivity contribution in [2.45, 2.75) is 24.8 Å². The van der Waals surface area contributed by atoms with Crippen molar-refractivity contribution in [3.05, 3.63) is 83.9 Å². The van der Waals surface area contributed by atoms with E-state index in [1.807, 2.05) is 12.1 Å². The van der Waals surface area contributed by atoms with Gasteiger partial charge in [-0.3, -0.25) is 4.79 Å². The number of nitrogens with zero attached hydrogens (tertiary/aromatic N) is 2. The number of nitrogens with one attached hydrogen (secondary N) is 1.